The molecule has 1 amide bonds. The number of amides is 1. The summed E-state index contributed by atoms with van der Waals surface area (Å²) in [4.78, 5) is 20.8. The van der Waals surface area contributed by atoms with Gasteiger partial charge in [-0.05, 0) is 67.1 Å². The molecule has 0 saturated carbocycles. The first-order chi connectivity index (χ1) is 14.8. The Morgan fingerprint density at radius 3 is 2.55 bits per heavy atom. The summed E-state index contributed by atoms with van der Waals surface area (Å²) in [6, 6.07) is 15.3. The Labute approximate surface area is 176 Å². The summed E-state index contributed by atoms with van der Waals surface area (Å²) in [6.07, 6.45) is -1.34. The smallest absolute Gasteiger partial charge is 0.340 e. The molecule has 2 aromatic heterocycles. The number of rotatable bonds is 4. The minimum Gasteiger partial charge on any atom is -0.340 e. The molecule has 31 heavy (non-hydrogen) atoms. The normalized spacial score (nSPS) is 11.4. The molecule has 0 atom stereocenters. The average Bonchev–Trinajstić information content (AvgIpc) is 2.74. The van der Waals surface area contributed by atoms with E-state index in [9.17, 15) is 18.0 Å². The topological polar surface area (TPSA) is 66.9 Å². The minimum absolute atomic E-state index is 0.277. The Kier molecular flexibility index (Phi) is 5.29. The summed E-state index contributed by atoms with van der Waals surface area (Å²) in [5, 5.41) is 6.57. The quantitative estimate of drug-likeness (QED) is 0.426. The van der Waals surface area contributed by atoms with Crippen molar-refractivity contribution in [2.75, 3.05) is 10.6 Å². The van der Waals surface area contributed by atoms with Crippen LogP contribution < -0.4 is 10.6 Å². The second-order valence-corrected chi connectivity index (χ2v) is 6.96. The first-order valence-corrected chi connectivity index (χ1v) is 9.37. The van der Waals surface area contributed by atoms with E-state index in [1.807, 2.05) is 6.92 Å². The molecule has 4 rings (SSSR count). The second-order valence-electron chi connectivity index (χ2n) is 6.96. The third-order valence-electron chi connectivity index (χ3n) is 4.66. The van der Waals surface area contributed by atoms with Crippen LogP contribution in [0.25, 0.3) is 10.9 Å². The zero-order valence-corrected chi connectivity index (χ0v) is 16.4. The van der Waals surface area contributed by atoms with Crippen LogP contribution in [0.5, 0.6) is 0 Å². The van der Waals surface area contributed by atoms with Crippen LogP contribution in [-0.4, -0.2) is 15.9 Å². The van der Waals surface area contributed by atoms with Crippen LogP contribution in [0.4, 0.5) is 30.4 Å². The maximum Gasteiger partial charge on any atom is 0.416 e. The van der Waals surface area contributed by atoms with E-state index in [2.05, 4.69) is 20.6 Å². The molecular weight excluding hydrogens is 405 g/mol. The van der Waals surface area contributed by atoms with Crippen molar-refractivity contribution in [2.24, 2.45) is 0 Å². The molecule has 0 aliphatic heterocycles. The number of benzene rings is 2. The summed E-state index contributed by atoms with van der Waals surface area (Å²) in [7, 11) is 0. The highest BCUT2D eigenvalue weighted by Crippen LogP contribution is 2.32. The Hall–Kier alpha value is -3.94. The van der Waals surface area contributed by atoms with E-state index in [1.54, 1.807) is 48.7 Å². The third-order valence-corrected chi connectivity index (χ3v) is 4.66. The number of nitrogens with one attached hydrogen (secondary N) is 2. The minimum atomic E-state index is -4.42. The molecular formula is C23H17F3N4O. The third kappa shape index (κ3) is 4.63. The number of fused-ring (bicyclic) bond motifs is 1. The second kappa shape index (κ2) is 8.06. The fraction of sp³-hybridized carbons (Fsp3) is 0.0870. The van der Waals surface area contributed by atoms with E-state index in [-0.39, 0.29) is 5.91 Å². The van der Waals surface area contributed by atoms with Gasteiger partial charge >= 0.3 is 6.18 Å². The van der Waals surface area contributed by atoms with Crippen molar-refractivity contribution in [1.82, 2.24) is 9.97 Å². The Bertz CT molecular complexity index is 1260. The van der Waals surface area contributed by atoms with E-state index < -0.39 is 11.7 Å². The largest absolute Gasteiger partial charge is 0.416 e. The number of alkyl halides is 3. The molecule has 5 nitrogen and oxygen atoms in total. The van der Waals surface area contributed by atoms with E-state index in [0.29, 0.717) is 28.3 Å². The molecule has 0 unspecified atom stereocenters. The Morgan fingerprint density at radius 1 is 0.968 bits per heavy atom. The fourth-order valence-corrected chi connectivity index (χ4v) is 3.16. The highest BCUT2D eigenvalue weighted by molar-refractivity contribution is 6.05. The summed E-state index contributed by atoms with van der Waals surface area (Å²) in [5.74, 6) is 0.150. The van der Waals surface area contributed by atoms with Gasteiger partial charge in [0.2, 0.25) is 0 Å². The number of carbonyl (C=O) groups is 1. The molecule has 8 heteroatoms. The van der Waals surface area contributed by atoms with Crippen molar-refractivity contribution in [3.05, 3.63) is 89.7 Å². The van der Waals surface area contributed by atoms with E-state index in [4.69, 9.17) is 0 Å². The molecule has 4 aromatic rings. The summed E-state index contributed by atoms with van der Waals surface area (Å²) in [5.41, 5.74) is 2.11. The number of nitrogens with zero attached hydrogens (tertiary/aromatic N) is 2. The van der Waals surface area contributed by atoms with Crippen molar-refractivity contribution in [3.63, 3.8) is 0 Å². The summed E-state index contributed by atoms with van der Waals surface area (Å²) >= 11 is 0. The molecule has 0 spiro atoms. The number of hydrogen-bond donors (Lipinski definition) is 2. The number of carbonyl (C=O) groups excluding carboxylic acids is 1. The lowest BCUT2D eigenvalue weighted by atomic mass is 10.1. The van der Waals surface area contributed by atoms with Gasteiger partial charge in [0.15, 0.2) is 0 Å². The molecule has 0 fully saturated rings. The Morgan fingerprint density at radius 2 is 1.81 bits per heavy atom. The van der Waals surface area contributed by atoms with Gasteiger partial charge in [0.1, 0.15) is 5.82 Å². The lowest BCUT2D eigenvalue weighted by Gasteiger charge is -2.12. The maximum absolute atomic E-state index is 12.9. The zero-order chi connectivity index (χ0) is 22.0. The molecule has 2 heterocycles. The molecule has 0 aliphatic carbocycles. The Balaban J connectivity index is 1.58. The van der Waals surface area contributed by atoms with Crippen molar-refractivity contribution >= 4 is 34.0 Å². The van der Waals surface area contributed by atoms with Crippen LogP contribution >= 0.6 is 0 Å². The first-order valence-electron chi connectivity index (χ1n) is 9.37. The number of pyridine rings is 2. The number of aryl methyl sites for hydroxylation is 1. The fourth-order valence-electron chi connectivity index (χ4n) is 3.16. The van der Waals surface area contributed by atoms with Crippen LogP contribution in [0.3, 0.4) is 0 Å². The maximum atomic E-state index is 12.9. The lowest BCUT2D eigenvalue weighted by molar-refractivity contribution is -0.137. The van der Waals surface area contributed by atoms with Crippen LogP contribution in [0.1, 0.15) is 21.5 Å². The first kappa shape index (κ1) is 20.3. The van der Waals surface area contributed by atoms with Gasteiger partial charge in [0.05, 0.1) is 16.6 Å². The molecule has 0 saturated heterocycles. The highest BCUT2D eigenvalue weighted by Gasteiger charge is 2.30. The molecule has 0 radical (unpaired) electrons. The van der Waals surface area contributed by atoms with Gasteiger partial charge in [-0.15, -0.1) is 0 Å². The lowest BCUT2D eigenvalue weighted by Crippen LogP contribution is -2.12. The molecule has 156 valence electrons. The number of anilines is 3. The molecule has 2 N–H and O–H groups in total. The van der Waals surface area contributed by atoms with Gasteiger partial charge in [0.25, 0.3) is 5.91 Å². The van der Waals surface area contributed by atoms with Crippen molar-refractivity contribution in [1.29, 1.82) is 0 Å². The van der Waals surface area contributed by atoms with Crippen LogP contribution in [0.2, 0.25) is 0 Å². The van der Waals surface area contributed by atoms with Gasteiger partial charge in [-0.1, -0.05) is 6.07 Å². The van der Waals surface area contributed by atoms with Gasteiger partial charge in [-0.25, -0.2) is 4.98 Å². The SMILES string of the molecule is Cc1cc(Nc2cccc(C(F)(F)F)c2)nc2ccc(NC(=O)c3cccnc3)cc12. The van der Waals surface area contributed by atoms with E-state index >= 15 is 0 Å². The van der Waals surface area contributed by atoms with Crippen molar-refractivity contribution in [3.8, 4) is 0 Å². The molecule has 2 aromatic carbocycles. The number of halogens is 3. The molecule has 0 aliphatic rings. The van der Waals surface area contributed by atoms with Gasteiger partial charge in [0, 0.05) is 29.2 Å². The van der Waals surface area contributed by atoms with Crippen LogP contribution in [0.15, 0.2) is 73.1 Å². The van der Waals surface area contributed by atoms with Crippen LogP contribution in [-0.2, 0) is 6.18 Å². The predicted octanol–water partition coefficient (Wildman–Crippen LogP) is 5.95. The van der Waals surface area contributed by atoms with Crippen molar-refractivity contribution < 1.29 is 18.0 Å². The van der Waals surface area contributed by atoms with Crippen molar-refractivity contribution in [2.45, 2.75) is 13.1 Å². The van der Waals surface area contributed by atoms with E-state index in [1.165, 1.54) is 12.3 Å². The number of aromatic nitrogens is 2. The summed E-state index contributed by atoms with van der Waals surface area (Å²) in [6.45, 7) is 1.87. The summed E-state index contributed by atoms with van der Waals surface area (Å²) < 4.78 is 38.8. The van der Waals surface area contributed by atoms with Crippen LogP contribution in [0, 0.1) is 6.92 Å². The standard InChI is InChI=1S/C23H17F3N4O/c1-14-10-21(28-17-6-2-5-16(11-17)23(24,25)26)30-20-8-7-18(12-19(14)20)29-22(31)15-4-3-9-27-13-15/h2-13H,1H3,(H,28,30)(H,29,31). The van der Waals surface area contributed by atoms with Gasteiger partial charge in [-0.2, -0.15) is 13.2 Å². The van der Waals surface area contributed by atoms with E-state index in [0.717, 1.165) is 23.1 Å². The number of hydrogen-bond acceptors (Lipinski definition) is 4. The molecule has 0 bridgehead atoms. The average molecular weight is 422 g/mol. The van der Waals surface area contributed by atoms with Gasteiger partial charge in [-0.3, -0.25) is 9.78 Å². The van der Waals surface area contributed by atoms with Gasteiger partial charge < -0.3 is 10.6 Å². The zero-order valence-electron chi connectivity index (χ0n) is 16.4. The monoisotopic (exact) mass is 422 g/mol. The highest BCUT2D eigenvalue weighted by atomic mass is 19.4. The predicted molar refractivity (Wildman–Crippen MR) is 113 cm³/mol.